The molecule has 1 aromatic carbocycles. The van der Waals surface area contributed by atoms with Crippen LogP contribution in [-0.2, 0) is 4.74 Å². The number of carbonyl (C=O) groups excluding carboxylic acids is 1. The average molecular weight is 320 g/mol. The number of amides is 1. The second-order valence-corrected chi connectivity index (χ2v) is 6.55. The van der Waals surface area contributed by atoms with Crippen LogP contribution in [0.1, 0.15) is 38.9 Å². The summed E-state index contributed by atoms with van der Waals surface area (Å²) >= 11 is 0. The predicted octanol–water partition coefficient (Wildman–Crippen LogP) is 2.48. The summed E-state index contributed by atoms with van der Waals surface area (Å²) in [6.07, 6.45) is -0.461. The number of benzene rings is 1. The van der Waals surface area contributed by atoms with E-state index in [4.69, 9.17) is 4.74 Å². The van der Waals surface area contributed by atoms with Crippen LogP contribution in [0.3, 0.4) is 0 Å². The van der Waals surface area contributed by atoms with Gasteiger partial charge in [-0.3, -0.25) is 0 Å². The molecule has 2 rings (SSSR count). The van der Waals surface area contributed by atoms with E-state index in [9.17, 15) is 15.0 Å². The Labute approximate surface area is 135 Å². The van der Waals surface area contributed by atoms with E-state index in [0.29, 0.717) is 5.56 Å². The highest BCUT2D eigenvalue weighted by atomic mass is 16.6. The summed E-state index contributed by atoms with van der Waals surface area (Å²) in [7, 11) is 0. The number of hydrogen-bond acceptors (Lipinski definition) is 4. The molecule has 2 unspecified atom stereocenters. The van der Waals surface area contributed by atoms with Crippen molar-refractivity contribution in [1.82, 2.24) is 10.3 Å². The zero-order chi connectivity index (χ0) is 17.0. The van der Waals surface area contributed by atoms with Gasteiger partial charge in [-0.2, -0.15) is 0 Å². The number of ether oxygens (including phenoxy) is 1. The monoisotopic (exact) mass is 320 g/mol. The van der Waals surface area contributed by atoms with Crippen LogP contribution in [0.2, 0.25) is 0 Å². The molecule has 0 saturated carbocycles. The Balaban J connectivity index is 1.85. The third-order valence-electron chi connectivity index (χ3n) is 3.39. The lowest BCUT2D eigenvalue weighted by Gasteiger charge is -2.21. The zero-order valence-corrected chi connectivity index (χ0v) is 13.7. The number of aromatic amines is 1. The molecule has 4 N–H and O–H groups in total. The molecule has 2 atom stereocenters. The van der Waals surface area contributed by atoms with Crippen LogP contribution in [0.25, 0.3) is 10.9 Å². The fourth-order valence-electron chi connectivity index (χ4n) is 2.27. The normalized spacial score (nSPS) is 14.5. The van der Waals surface area contributed by atoms with E-state index in [2.05, 4.69) is 10.3 Å². The Kier molecular flexibility index (Phi) is 5.28. The van der Waals surface area contributed by atoms with Crippen LogP contribution in [0.5, 0.6) is 0 Å². The number of hydrogen-bond donors (Lipinski definition) is 4. The van der Waals surface area contributed by atoms with Gasteiger partial charge in [-0.1, -0.05) is 6.07 Å². The van der Waals surface area contributed by atoms with Crippen LogP contribution in [0, 0.1) is 0 Å². The molecule has 126 valence electrons. The molecule has 1 aromatic heterocycles. The lowest BCUT2D eigenvalue weighted by atomic mass is 10.0. The number of rotatable bonds is 5. The molecule has 0 aliphatic heterocycles. The first-order valence-electron chi connectivity index (χ1n) is 7.66. The Hall–Kier alpha value is -2.05. The molecule has 6 heteroatoms. The fraction of sp³-hybridized carbons (Fsp3) is 0.471. The van der Waals surface area contributed by atoms with E-state index in [1.54, 1.807) is 26.8 Å². The van der Waals surface area contributed by atoms with Gasteiger partial charge in [0.25, 0.3) is 0 Å². The third-order valence-corrected chi connectivity index (χ3v) is 3.39. The van der Waals surface area contributed by atoms with Crippen LogP contribution in [-0.4, -0.2) is 39.5 Å². The number of carbonyl (C=O) groups is 1. The molecule has 0 spiro atoms. The maximum atomic E-state index is 11.5. The smallest absolute Gasteiger partial charge is 0.407 e. The Morgan fingerprint density at radius 3 is 2.74 bits per heavy atom. The molecule has 0 bridgehead atoms. The van der Waals surface area contributed by atoms with Gasteiger partial charge in [-0.25, -0.2) is 4.79 Å². The lowest BCUT2D eigenvalue weighted by molar-refractivity contribution is 0.0124. The van der Waals surface area contributed by atoms with Gasteiger partial charge >= 0.3 is 6.09 Å². The zero-order valence-electron chi connectivity index (χ0n) is 13.7. The molecule has 0 radical (unpaired) electrons. The second kappa shape index (κ2) is 7.02. The lowest BCUT2D eigenvalue weighted by Crippen LogP contribution is -2.34. The van der Waals surface area contributed by atoms with Crippen LogP contribution >= 0.6 is 0 Å². The van der Waals surface area contributed by atoms with E-state index in [-0.39, 0.29) is 13.0 Å². The Morgan fingerprint density at radius 2 is 2.04 bits per heavy atom. The molecular formula is C17H24N2O4. The second-order valence-electron chi connectivity index (χ2n) is 6.55. The molecule has 23 heavy (non-hydrogen) atoms. The van der Waals surface area contributed by atoms with Crippen molar-refractivity contribution in [3.8, 4) is 0 Å². The highest BCUT2D eigenvalue weighted by Gasteiger charge is 2.20. The molecule has 6 nitrogen and oxygen atoms in total. The van der Waals surface area contributed by atoms with Crippen molar-refractivity contribution in [1.29, 1.82) is 0 Å². The minimum Gasteiger partial charge on any atom is -0.444 e. The summed E-state index contributed by atoms with van der Waals surface area (Å²) in [5.41, 5.74) is 1.05. The first kappa shape index (κ1) is 17.3. The summed E-state index contributed by atoms with van der Waals surface area (Å²) in [6.45, 7) is 5.56. The Morgan fingerprint density at radius 1 is 1.30 bits per heavy atom. The summed E-state index contributed by atoms with van der Waals surface area (Å²) in [5.74, 6) is 0. The van der Waals surface area contributed by atoms with Crippen molar-refractivity contribution >= 4 is 17.0 Å². The van der Waals surface area contributed by atoms with Gasteiger partial charge in [-0.15, -0.1) is 0 Å². The maximum absolute atomic E-state index is 11.5. The van der Waals surface area contributed by atoms with E-state index in [0.717, 1.165) is 10.9 Å². The van der Waals surface area contributed by atoms with Gasteiger partial charge in [-0.05, 0) is 56.3 Å². The van der Waals surface area contributed by atoms with Gasteiger partial charge in [0.2, 0.25) is 0 Å². The van der Waals surface area contributed by atoms with Crippen LogP contribution in [0.15, 0.2) is 30.5 Å². The molecule has 2 aromatic rings. The van der Waals surface area contributed by atoms with E-state index < -0.39 is 23.9 Å². The van der Waals surface area contributed by atoms with Crippen molar-refractivity contribution in [2.45, 2.75) is 45.0 Å². The van der Waals surface area contributed by atoms with Crippen molar-refractivity contribution in [2.24, 2.45) is 0 Å². The molecular weight excluding hydrogens is 296 g/mol. The number of fused-ring (bicyclic) bond motifs is 1. The van der Waals surface area contributed by atoms with Gasteiger partial charge in [0.1, 0.15) is 11.7 Å². The van der Waals surface area contributed by atoms with Crippen molar-refractivity contribution in [2.75, 3.05) is 6.54 Å². The minimum atomic E-state index is -1.00. The molecule has 1 heterocycles. The first-order chi connectivity index (χ1) is 10.8. The van der Waals surface area contributed by atoms with Gasteiger partial charge < -0.3 is 25.3 Å². The van der Waals surface area contributed by atoms with Gasteiger partial charge in [0.05, 0.1) is 6.10 Å². The molecule has 0 aliphatic carbocycles. The molecule has 0 saturated heterocycles. The summed E-state index contributed by atoms with van der Waals surface area (Å²) < 4.78 is 5.11. The number of H-pyrrole nitrogens is 1. The maximum Gasteiger partial charge on any atom is 0.407 e. The first-order valence-corrected chi connectivity index (χ1v) is 7.66. The highest BCUT2D eigenvalue weighted by Crippen LogP contribution is 2.23. The molecule has 1 amide bonds. The topological polar surface area (TPSA) is 94.6 Å². The van der Waals surface area contributed by atoms with E-state index in [1.165, 1.54) is 0 Å². The number of aliphatic hydroxyl groups is 2. The quantitative estimate of drug-likeness (QED) is 0.681. The third kappa shape index (κ3) is 4.97. The number of alkyl carbamates (subject to hydrolysis) is 1. The largest absolute Gasteiger partial charge is 0.444 e. The number of aliphatic hydroxyl groups excluding tert-OH is 2. The van der Waals surface area contributed by atoms with Crippen LogP contribution < -0.4 is 5.32 Å². The number of nitrogens with one attached hydrogen (secondary N) is 2. The predicted molar refractivity (Wildman–Crippen MR) is 88.1 cm³/mol. The highest BCUT2D eigenvalue weighted by molar-refractivity contribution is 5.80. The average Bonchev–Trinajstić information content (AvgIpc) is 2.91. The number of aromatic nitrogens is 1. The van der Waals surface area contributed by atoms with E-state index >= 15 is 0 Å². The molecule has 0 fully saturated rings. The van der Waals surface area contributed by atoms with Crippen molar-refractivity contribution < 1.29 is 19.7 Å². The minimum absolute atomic E-state index is 0.222. The summed E-state index contributed by atoms with van der Waals surface area (Å²) in [4.78, 5) is 14.6. The summed E-state index contributed by atoms with van der Waals surface area (Å²) in [5, 5.41) is 23.9. The van der Waals surface area contributed by atoms with E-state index in [1.807, 2.05) is 24.4 Å². The SMILES string of the molecule is CC(C)(C)OC(=O)NCCC(O)C(O)c1ccc2[nH]ccc2c1. The van der Waals surface area contributed by atoms with Gasteiger partial charge in [0.15, 0.2) is 0 Å². The summed E-state index contributed by atoms with van der Waals surface area (Å²) in [6, 6.07) is 7.37. The van der Waals surface area contributed by atoms with Gasteiger partial charge in [0, 0.05) is 18.3 Å². The standard InChI is InChI=1S/C17H24N2O4/c1-17(2,3)23-16(22)19-9-7-14(20)15(21)12-4-5-13-11(10-12)6-8-18-13/h4-6,8,10,14-15,18,20-21H,7,9H2,1-3H3,(H,19,22). The van der Waals surface area contributed by atoms with Crippen molar-refractivity contribution in [3.05, 3.63) is 36.0 Å². The Bertz CT molecular complexity index is 660. The molecule has 0 aliphatic rings. The fourth-order valence-corrected chi connectivity index (χ4v) is 2.27. The van der Waals surface area contributed by atoms with Crippen molar-refractivity contribution in [3.63, 3.8) is 0 Å². The van der Waals surface area contributed by atoms with Crippen LogP contribution in [0.4, 0.5) is 4.79 Å².